The van der Waals surface area contributed by atoms with Gasteiger partial charge in [-0.2, -0.15) is 0 Å². The molecule has 3 aromatic carbocycles. The summed E-state index contributed by atoms with van der Waals surface area (Å²) in [4.78, 5) is 16.1. The predicted molar refractivity (Wildman–Crippen MR) is 160 cm³/mol. The smallest absolute Gasteiger partial charge is 0.159 e. The quantitative estimate of drug-likeness (QED) is 0.119. The molecule has 1 radical (unpaired) electrons. The van der Waals surface area contributed by atoms with Crippen molar-refractivity contribution in [2.24, 2.45) is 11.8 Å². The van der Waals surface area contributed by atoms with Gasteiger partial charge in [0.2, 0.25) is 0 Å². The summed E-state index contributed by atoms with van der Waals surface area (Å²) >= 11 is 0. The largest absolute Gasteiger partial charge is 0.512 e. The van der Waals surface area contributed by atoms with Gasteiger partial charge in [0.1, 0.15) is 0 Å². The van der Waals surface area contributed by atoms with Gasteiger partial charge in [0.15, 0.2) is 5.78 Å². The molecule has 3 nitrogen and oxygen atoms in total. The molecule has 0 saturated heterocycles. The molecule has 0 aliphatic carbocycles. The van der Waals surface area contributed by atoms with Crippen molar-refractivity contribution in [3.8, 4) is 22.4 Å². The van der Waals surface area contributed by atoms with Gasteiger partial charge in [0, 0.05) is 44.4 Å². The SMILES string of the molecule is CC(C)CC(=O)/C=C(\O)CC(C)C.Cc1[c-]c(-c2cc(-c3ccc(C)cc3)c3ccccc3n2)cc(C)c1.[Ir]. The number of carbonyl (C=O) groups is 1. The Morgan fingerprint density at radius 3 is 2.13 bits per heavy atom. The van der Waals surface area contributed by atoms with Gasteiger partial charge in [-0.1, -0.05) is 95.6 Å². The van der Waals surface area contributed by atoms with Crippen LogP contribution in [-0.4, -0.2) is 15.9 Å². The Hall–Kier alpha value is -3.07. The number of fused-ring (bicyclic) bond motifs is 1. The molecule has 0 saturated carbocycles. The van der Waals surface area contributed by atoms with E-state index in [9.17, 15) is 9.90 Å². The standard InChI is InChI=1S/C24H20N.C11H20O2.Ir/c1-16-8-10-19(11-9-16)22-15-24(20-13-17(2)12-18(3)14-20)25-23-7-5-4-6-21(22)23;1-8(2)5-10(12)7-11(13)6-9(3)4;/h4-13,15H,1-3H3;7-9,12H,5-6H2,1-4H3;/q-1;;/b;10-7-;. The van der Waals surface area contributed by atoms with E-state index in [-0.39, 0.29) is 31.6 Å². The van der Waals surface area contributed by atoms with Crippen molar-refractivity contribution in [2.45, 2.75) is 61.3 Å². The van der Waals surface area contributed by atoms with Crippen molar-refractivity contribution in [3.63, 3.8) is 0 Å². The molecule has 0 amide bonds. The Kier molecular flexibility index (Phi) is 12.3. The minimum absolute atomic E-state index is 0. The molecule has 207 valence electrons. The maximum Gasteiger partial charge on any atom is 0.159 e. The topological polar surface area (TPSA) is 50.2 Å². The number of para-hydroxylation sites is 1. The number of rotatable bonds is 7. The maximum atomic E-state index is 11.2. The number of hydrogen-bond donors (Lipinski definition) is 1. The van der Waals surface area contributed by atoms with Gasteiger partial charge in [0.05, 0.1) is 11.3 Å². The molecule has 0 bridgehead atoms. The first kappa shape index (κ1) is 32.1. The van der Waals surface area contributed by atoms with E-state index >= 15 is 0 Å². The summed E-state index contributed by atoms with van der Waals surface area (Å²) in [5.74, 6) is 0.979. The Labute approximate surface area is 247 Å². The normalized spacial score (nSPS) is 11.3. The Morgan fingerprint density at radius 1 is 0.872 bits per heavy atom. The fourth-order valence-corrected chi connectivity index (χ4v) is 4.44. The second-order valence-electron chi connectivity index (χ2n) is 11.0. The second kappa shape index (κ2) is 14.9. The molecule has 39 heavy (non-hydrogen) atoms. The first-order chi connectivity index (χ1) is 18.0. The molecular formula is C35H40IrNO2-. The van der Waals surface area contributed by atoms with Crippen LogP contribution in [0.25, 0.3) is 33.3 Å². The zero-order valence-electron chi connectivity index (χ0n) is 24.1. The monoisotopic (exact) mass is 699 g/mol. The van der Waals surface area contributed by atoms with Gasteiger partial charge < -0.3 is 5.11 Å². The molecule has 0 fully saturated rings. The summed E-state index contributed by atoms with van der Waals surface area (Å²) in [6.45, 7) is 14.3. The van der Waals surface area contributed by atoms with Crippen LogP contribution >= 0.6 is 0 Å². The van der Waals surface area contributed by atoms with Crippen LogP contribution in [-0.2, 0) is 24.9 Å². The first-order valence-corrected chi connectivity index (χ1v) is 13.4. The van der Waals surface area contributed by atoms with Crippen LogP contribution in [0.4, 0.5) is 0 Å². The third kappa shape index (κ3) is 9.88. The summed E-state index contributed by atoms with van der Waals surface area (Å²) in [6, 6.07) is 27.0. The molecule has 0 aliphatic rings. The van der Waals surface area contributed by atoms with Crippen molar-refractivity contribution in [1.82, 2.24) is 4.98 Å². The van der Waals surface area contributed by atoms with E-state index in [1.165, 1.54) is 33.7 Å². The fraction of sp³-hybridized carbons (Fsp3) is 0.314. The van der Waals surface area contributed by atoms with E-state index in [4.69, 9.17) is 4.98 Å². The number of allylic oxidation sites excluding steroid dienone is 2. The molecule has 0 unspecified atom stereocenters. The third-order valence-corrected chi connectivity index (χ3v) is 6.06. The molecule has 0 aliphatic heterocycles. The molecule has 1 aromatic heterocycles. The molecule has 1 N–H and O–H groups in total. The second-order valence-corrected chi connectivity index (χ2v) is 11.0. The van der Waals surface area contributed by atoms with E-state index < -0.39 is 0 Å². The van der Waals surface area contributed by atoms with E-state index in [1.807, 2.05) is 33.8 Å². The number of nitrogens with zero attached hydrogens (tertiary/aromatic N) is 1. The summed E-state index contributed by atoms with van der Waals surface area (Å²) in [6.07, 6.45) is 2.46. The fourth-order valence-electron chi connectivity index (χ4n) is 4.44. The Balaban J connectivity index is 0.000000328. The van der Waals surface area contributed by atoms with Crippen LogP contribution in [0.15, 0.2) is 78.6 Å². The molecule has 0 atom stereocenters. The average Bonchev–Trinajstić information content (AvgIpc) is 2.82. The van der Waals surface area contributed by atoms with Crippen LogP contribution in [0.2, 0.25) is 0 Å². The number of aryl methyl sites for hydroxylation is 3. The molecule has 4 aromatic rings. The zero-order valence-corrected chi connectivity index (χ0v) is 26.5. The van der Waals surface area contributed by atoms with Crippen LogP contribution in [0, 0.1) is 38.7 Å². The molecule has 0 spiro atoms. The maximum absolute atomic E-state index is 11.2. The number of aliphatic hydroxyl groups is 1. The number of pyridine rings is 1. The summed E-state index contributed by atoms with van der Waals surface area (Å²) in [7, 11) is 0. The molecule has 4 rings (SSSR count). The molecule has 1 heterocycles. The number of benzene rings is 3. The van der Waals surface area contributed by atoms with Gasteiger partial charge in [-0.25, -0.2) is 0 Å². The van der Waals surface area contributed by atoms with Gasteiger partial charge in [0.25, 0.3) is 0 Å². The number of ketones is 1. The summed E-state index contributed by atoms with van der Waals surface area (Å²) in [5, 5.41) is 10.5. The van der Waals surface area contributed by atoms with Crippen molar-refractivity contribution in [3.05, 3.63) is 101 Å². The van der Waals surface area contributed by atoms with Gasteiger partial charge in [-0.3, -0.25) is 9.78 Å². The van der Waals surface area contributed by atoms with Crippen LogP contribution < -0.4 is 0 Å². The molecule has 4 heteroatoms. The summed E-state index contributed by atoms with van der Waals surface area (Å²) in [5.41, 5.74) is 9.12. The average molecular weight is 699 g/mol. The van der Waals surface area contributed by atoms with Gasteiger partial charge >= 0.3 is 0 Å². The van der Waals surface area contributed by atoms with E-state index in [1.54, 1.807) is 0 Å². The number of hydrogen-bond acceptors (Lipinski definition) is 3. The van der Waals surface area contributed by atoms with Crippen molar-refractivity contribution >= 4 is 16.7 Å². The van der Waals surface area contributed by atoms with Crippen molar-refractivity contribution in [1.29, 1.82) is 0 Å². The minimum atomic E-state index is 0. The van der Waals surface area contributed by atoms with E-state index in [2.05, 4.69) is 87.5 Å². The predicted octanol–water partition coefficient (Wildman–Crippen LogP) is 9.38. The Bertz CT molecular complexity index is 1400. The van der Waals surface area contributed by atoms with Crippen LogP contribution in [0.3, 0.4) is 0 Å². The zero-order chi connectivity index (χ0) is 27.8. The van der Waals surface area contributed by atoms with E-state index in [0.717, 1.165) is 22.3 Å². The molecular weight excluding hydrogens is 659 g/mol. The van der Waals surface area contributed by atoms with Crippen molar-refractivity contribution < 1.29 is 30.0 Å². The minimum Gasteiger partial charge on any atom is -0.512 e. The Morgan fingerprint density at radius 2 is 1.51 bits per heavy atom. The summed E-state index contributed by atoms with van der Waals surface area (Å²) < 4.78 is 0. The number of aromatic nitrogens is 1. The van der Waals surface area contributed by atoms with Crippen LogP contribution in [0.5, 0.6) is 0 Å². The van der Waals surface area contributed by atoms with Gasteiger partial charge in [-0.15, -0.1) is 34.9 Å². The van der Waals surface area contributed by atoms with Crippen molar-refractivity contribution in [2.75, 3.05) is 0 Å². The first-order valence-electron chi connectivity index (χ1n) is 13.4. The van der Waals surface area contributed by atoms with Crippen LogP contribution in [0.1, 0.15) is 57.2 Å². The van der Waals surface area contributed by atoms with E-state index in [0.29, 0.717) is 24.7 Å². The van der Waals surface area contributed by atoms with Gasteiger partial charge in [-0.05, 0) is 41.6 Å². The number of carbonyl (C=O) groups excluding carboxylic acids is 1. The third-order valence-electron chi connectivity index (χ3n) is 6.06. The number of aliphatic hydroxyl groups excluding tert-OH is 1.